The molecule has 0 unspecified atom stereocenters. The van der Waals surface area contributed by atoms with Gasteiger partial charge in [0.1, 0.15) is 0 Å². The number of pyridine rings is 1. The van der Waals surface area contributed by atoms with E-state index in [-0.39, 0.29) is 10.7 Å². The fourth-order valence-electron chi connectivity index (χ4n) is 0.751. The third kappa shape index (κ3) is 1.35. The van der Waals surface area contributed by atoms with Crippen molar-refractivity contribution in [1.29, 1.82) is 0 Å². The summed E-state index contributed by atoms with van der Waals surface area (Å²) in [5.41, 5.74) is -0.573. The molecule has 0 fully saturated rings. The Morgan fingerprint density at radius 3 is 2.75 bits per heavy atom. The van der Waals surface area contributed by atoms with Crippen LogP contribution in [-0.2, 0) is 0 Å². The highest BCUT2D eigenvalue weighted by Gasteiger charge is 2.20. The first-order chi connectivity index (χ1) is 5.54. The van der Waals surface area contributed by atoms with E-state index >= 15 is 0 Å². The van der Waals surface area contributed by atoms with Crippen molar-refractivity contribution in [1.82, 2.24) is 4.98 Å². The average Bonchev–Trinajstić information content (AvgIpc) is 1.97. The summed E-state index contributed by atoms with van der Waals surface area (Å²) in [7, 11) is 0. The Labute approximate surface area is 72.1 Å². The SMILES string of the molecule is Cc1c(F)cnc(Cl)c1[N+](=O)[O-]. The molecule has 12 heavy (non-hydrogen) atoms. The molecule has 0 aliphatic heterocycles. The van der Waals surface area contributed by atoms with E-state index in [1.165, 1.54) is 6.92 Å². The van der Waals surface area contributed by atoms with Gasteiger partial charge in [0.25, 0.3) is 0 Å². The van der Waals surface area contributed by atoms with Gasteiger partial charge in [0.2, 0.25) is 5.15 Å². The lowest BCUT2D eigenvalue weighted by Gasteiger charge is -1.98. The van der Waals surface area contributed by atoms with Crippen molar-refractivity contribution < 1.29 is 9.31 Å². The van der Waals surface area contributed by atoms with E-state index in [0.717, 1.165) is 6.20 Å². The molecule has 0 saturated carbocycles. The minimum Gasteiger partial charge on any atom is -0.258 e. The minimum absolute atomic E-state index is 0.0972. The second-order valence-corrected chi connectivity index (χ2v) is 2.49. The van der Waals surface area contributed by atoms with Gasteiger partial charge in [0.05, 0.1) is 16.7 Å². The van der Waals surface area contributed by atoms with Crippen molar-refractivity contribution >= 4 is 17.3 Å². The van der Waals surface area contributed by atoms with E-state index < -0.39 is 16.4 Å². The van der Waals surface area contributed by atoms with Crippen molar-refractivity contribution in [2.75, 3.05) is 0 Å². The third-order valence-corrected chi connectivity index (χ3v) is 1.66. The first-order valence-corrected chi connectivity index (χ1v) is 3.37. The van der Waals surface area contributed by atoms with Gasteiger partial charge in [-0.05, 0) is 6.92 Å². The molecule has 1 aromatic heterocycles. The molecular formula is C6H4ClFN2O2. The Balaban J connectivity index is 3.43. The summed E-state index contributed by atoms with van der Waals surface area (Å²) in [5, 5.41) is 10.0. The lowest BCUT2D eigenvalue weighted by molar-refractivity contribution is -0.385. The topological polar surface area (TPSA) is 56.0 Å². The quantitative estimate of drug-likeness (QED) is 0.387. The van der Waals surface area contributed by atoms with Crippen LogP contribution in [0.2, 0.25) is 5.15 Å². The lowest BCUT2D eigenvalue weighted by atomic mass is 10.2. The zero-order valence-electron chi connectivity index (χ0n) is 6.04. The smallest absolute Gasteiger partial charge is 0.258 e. The third-order valence-electron chi connectivity index (χ3n) is 1.38. The Kier molecular flexibility index (Phi) is 2.23. The van der Waals surface area contributed by atoms with Gasteiger partial charge in [-0.25, -0.2) is 9.37 Å². The monoisotopic (exact) mass is 190 g/mol. The number of nitrogens with zero attached hydrogens (tertiary/aromatic N) is 2. The molecule has 0 aliphatic rings. The van der Waals surface area contributed by atoms with Crippen LogP contribution in [0.4, 0.5) is 10.1 Å². The average molecular weight is 191 g/mol. The molecule has 0 N–H and O–H groups in total. The summed E-state index contributed by atoms with van der Waals surface area (Å²) in [6.45, 7) is 1.28. The van der Waals surface area contributed by atoms with E-state index in [1.54, 1.807) is 0 Å². The van der Waals surface area contributed by atoms with Gasteiger partial charge in [-0.3, -0.25) is 10.1 Å². The minimum atomic E-state index is -0.756. The molecule has 1 rings (SSSR count). The number of nitro groups is 1. The van der Waals surface area contributed by atoms with E-state index in [0.29, 0.717) is 0 Å². The summed E-state index contributed by atoms with van der Waals surface area (Å²) in [4.78, 5) is 12.9. The van der Waals surface area contributed by atoms with Crippen molar-refractivity contribution in [3.8, 4) is 0 Å². The Hall–Kier alpha value is -1.23. The van der Waals surface area contributed by atoms with Crippen LogP contribution in [0, 0.1) is 22.9 Å². The molecule has 0 aliphatic carbocycles. The molecular weight excluding hydrogens is 187 g/mol. The number of halogens is 2. The van der Waals surface area contributed by atoms with Crippen molar-refractivity contribution in [3.63, 3.8) is 0 Å². The van der Waals surface area contributed by atoms with Crippen molar-refractivity contribution in [2.24, 2.45) is 0 Å². The zero-order chi connectivity index (χ0) is 9.30. The first kappa shape index (κ1) is 8.86. The van der Waals surface area contributed by atoms with E-state index in [2.05, 4.69) is 4.98 Å². The van der Waals surface area contributed by atoms with Crippen LogP contribution in [0.5, 0.6) is 0 Å². The number of hydrogen-bond acceptors (Lipinski definition) is 3. The fraction of sp³-hybridized carbons (Fsp3) is 0.167. The van der Waals surface area contributed by atoms with Crippen LogP contribution in [0.25, 0.3) is 0 Å². The maximum atomic E-state index is 12.7. The summed E-state index contributed by atoms with van der Waals surface area (Å²) in [5.74, 6) is -0.730. The predicted octanol–water partition coefficient (Wildman–Crippen LogP) is 2.09. The van der Waals surface area contributed by atoms with Gasteiger partial charge in [-0.2, -0.15) is 0 Å². The maximum absolute atomic E-state index is 12.7. The Morgan fingerprint density at radius 2 is 2.33 bits per heavy atom. The second kappa shape index (κ2) is 3.02. The lowest BCUT2D eigenvalue weighted by Crippen LogP contribution is -1.97. The van der Waals surface area contributed by atoms with Crippen LogP contribution in [0.1, 0.15) is 5.56 Å². The van der Waals surface area contributed by atoms with Crippen LogP contribution >= 0.6 is 11.6 Å². The highest BCUT2D eigenvalue weighted by Crippen LogP contribution is 2.26. The molecule has 0 spiro atoms. The molecule has 0 saturated heterocycles. The Bertz CT molecular complexity index is 343. The summed E-state index contributed by atoms with van der Waals surface area (Å²) in [6.07, 6.45) is 0.852. The molecule has 0 amide bonds. The summed E-state index contributed by atoms with van der Waals surface area (Å²) >= 11 is 5.38. The molecule has 0 atom stereocenters. The fourth-order valence-corrected chi connectivity index (χ4v) is 1.01. The van der Waals surface area contributed by atoms with Crippen molar-refractivity contribution in [2.45, 2.75) is 6.92 Å². The molecule has 0 bridgehead atoms. The largest absolute Gasteiger partial charge is 0.312 e. The highest BCUT2D eigenvalue weighted by atomic mass is 35.5. The number of aromatic nitrogens is 1. The van der Waals surface area contributed by atoms with E-state index in [4.69, 9.17) is 11.6 Å². The van der Waals surface area contributed by atoms with Gasteiger partial charge in [0.15, 0.2) is 5.82 Å². The van der Waals surface area contributed by atoms with Gasteiger partial charge in [0, 0.05) is 0 Å². The normalized spacial score (nSPS) is 9.92. The summed E-state index contributed by atoms with van der Waals surface area (Å²) in [6, 6.07) is 0. The van der Waals surface area contributed by atoms with E-state index in [1.807, 2.05) is 0 Å². The second-order valence-electron chi connectivity index (χ2n) is 2.13. The molecule has 64 valence electrons. The van der Waals surface area contributed by atoms with Crippen LogP contribution in [0.3, 0.4) is 0 Å². The van der Waals surface area contributed by atoms with Gasteiger partial charge in [-0.15, -0.1) is 0 Å². The maximum Gasteiger partial charge on any atom is 0.312 e. The van der Waals surface area contributed by atoms with Crippen LogP contribution in [0.15, 0.2) is 6.20 Å². The Morgan fingerprint density at radius 1 is 1.75 bits per heavy atom. The molecule has 1 aromatic rings. The summed E-state index contributed by atoms with van der Waals surface area (Å²) < 4.78 is 12.7. The first-order valence-electron chi connectivity index (χ1n) is 2.99. The molecule has 6 heteroatoms. The zero-order valence-corrected chi connectivity index (χ0v) is 6.80. The molecule has 0 aromatic carbocycles. The molecule has 0 radical (unpaired) electrons. The van der Waals surface area contributed by atoms with E-state index in [9.17, 15) is 14.5 Å². The van der Waals surface area contributed by atoms with Gasteiger partial charge < -0.3 is 0 Å². The molecule has 1 heterocycles. The van der Waals surface area contributed by atoms with Gasteiger partial charge in [-0.1, -0.05) is 11.6 Å². The van der Waals surface area contributed by atoms with Gasteiger partial charge >= 0.3 is 5.69 Å². The van der Waals surface area contributed by atoms with Crippen molar-refractivity contribution in [3.05, 3.63) is 32.8 Å². The van der Waals surface area contributed by atoms with Crippen LogP contribution in [-0.4, -0.2) is 9.91 Å². The molecule has 4 nitrogen and oxygen atoms in total. The standard InChI is InChI=1S/C6H4ClFN2O2/c1-3-4(8)2-9-6(7)5(3)10(11)12/h2H,1H3. The van der Waals surface area contributed by atoms with Crippen LogP contribution < -0.4 is 0 Å². The highest BCUT2D eigenvalue weighted by molar-refractivity contribution is 6.31. The predicted molar refractivity (Wildman–Crippen MR) is 40.6 cm³/mol. The number of rotatable bonds is 1. The number of hydrogen-bond donors (Lipinski definition) is 0.